The normalized spacial score (nSPS) is 11.2. The molecule has 7 nitrogen and oxygen atoms in total. The van der Waals surface area contributed by atoms with Gasteiger partial charge in [0.25, 0.3) is 0 Å². The van der Waals surface area contributed by atoms with E-state index in [2.05, 4.69) is 50.3 Å². The van der Waals surface area contributed by atoms with Gasteiger partial charge in [0.15, 0.2) is 11.5 Å². The molecule has 0 saturated heterocycles. The van der Waals surface area contributed by atoms with Crippen molar-refractivity contribution in [1.29, 1.82) is 0 Å². The molecule has 0 aliphatic heterocycles. The second kappa shape index (κ2) is 4.92. The summed E-state index contributed by atoms with van der Waals surface area (Å²) in [5, 5.41) is 7.59. The quantitative estimate of drug-likeness (QED) is 0.754. The molecule has 0 fully saturated rings. The highest BCUT2D eigenvalue weighted by Gasteiger charge is 2.15. The van der Waals surface area contributed by atoms with E-state index in [0.717, 1.165) is 35.6 Å². The molecule has 0 amide bonds. The molecule has 3 rings (SSSR count). The number of fused-ring (bicyclic) bond motifs is 1. The van der Waals surface area contributed by atoms with Gasteiger partial charge in [-0.2, -0.15) is 15.1 Å². The second-order valence-electron chi connectivity index (χ2n) is 4.47. The van der Waals surface area contributed by atoms with Gasteiger partial charge in [0, 0.05) is 12.7 Å². The summed E-state index contributed by atoms with van der Waals surface area (Å²) in [6, 6.07) is 2.11. The molecule has 0 aliphatic rings. The molecule has 7 heteroatoms. The lowest BCUT2D eigenvalue weighted by Gasteiger charge is -2.07. The Hall–Kier alpha value is -2.44. The van der Waals surface area contributed by atoms with Crippen molar-refractivity contribution in [3.63, 3.8) is 0 Å². The molecule has 0 spiro atoms. The van der Waals surface area contributed by atoms with Crippen molar-refractivity contribution in [3.05, 3.63) is 23.8 Å². The van der Waals surface area contributed by atoms with E-state index in [0.29, 0.717) is 11.6 Å². The van der Waals surface area contributed by atoms with E-state index in [9.17, 15) is 0 Å². The number of hydrogen-bond donors (Lipinski definition) is 2. The number of aryl methyl sites for hydroxylation is 2. The molecule has 20 heavy (non-hydrogen) atoms. The third kappa shape index (κ3) is 1.91. The number of anilines is 1. The first-order valence-corrected chi connectivity index (χ1v) is 6.73. The van der Waals surface area contributed by atoms with Crippen LogP contribution >= 0.6 is 0 Å². The van der Waals surface area contributed by atoms with Crippen LogP contribution in [0.25, 0.3) is 17.0 Å². The van der Waals surface area contributed by atoms with Crippen LogP contribution in [-0.4, -0.2) is 36.8 Å². The second-order valence-corrected chi connectivity index (χ2v) is 4.47. The highest BCUT2D eigenvalue weighted by atomic mass is 15.3. The number of aromatic nitrogens is 6. The Bertz CT molecular complexity index is 740. The first kappa shape index (κ1) is 12.6. The summed E-state index contributed by atoms with van der Waals surface area (Å²) in [4.78, 5) is 16.1. The van der Waals surface area contributed by atoms with Crippen LogP contribution in [-0.2, 0) is 12.8 Å². The van der Waals surface area contributed by atoms with Gasteiger partial charge in [0.2, 0.25) is 5.95 Å². The smallest absolute Gasteiger partial charge is 0.226 e. The van der Waals surface area contributed by atoms with E-state index in [1.165, 1.54) is 0 Å². The molecular formula is C13H17N7. The fourth-order valence-corrected chi connectivity index (χ4v) is 2.17. The predicted molar refractivity (Wildman–Crippen MR) is 77.1 cm³/mol. The van der Waals surface area contributed by atoms with Crippen LogP contribution < -0.4 is 5.32 Å². The third-order valence-corrected chi connectivity index (χ3v) is 3.25. The van der Waals surface area contributed by atoms with E-state index in [4.69, 9.17) is 0 Å². The van der Waals surface area contributed by atoms with Gasteiger partial charge in [-0.1, -0.05) is 13.8 Å². The molecule has 2 N–H and O–H groups in total. The fourth-order valence-electron chi connectivity index (χ4n) is 2.17. The van der Waals surface area contributed by atoms with Crippen molar-refractivity contribution in [2.75, 3.05) is 12.4 Å². The Labute approximate surface area is 116 Å². The Balaban J connectivity index is 2.27. The summed E-state index contributed by atoms with van der Waals surface area (Å²) < 4.78 is 1.88. The van der Waals surface area contributed by atoms with Gasteiger partial charge in [-0.25, -0.2) is 9.67 Å². The largest absolute Gasteiger partial charge is 0.357 e. The number of imidazole rings is 1. The maximum atomic E-state index is 4.63. The average Bonchev–Trinajstić information content (AvgIpc) is 3.11. The van der Waals surface area contributed by atoms with Crippen LogP contribution in [0, 0.1) is 0 Å². The zero-order valence-electron chi connectivity index (χ0n) is 11.8. The highest BCUT2D eigenvalue weighted by Crippen LogP contribution is 2.20. The molecule has 0 unspecified atom stereocenters. The van der Waals surface area contributed by atoms with Crippen molar-refractivity contribution >= 4 is 17.1 Å². The van der Waals surface area contributed by atoms with Crippen LogP contribution in [0.3, 0.4) is 0 Å². The molecule has 3 heterocycles. The van der Waals surface area contributed by atoms with Gasteiger partial charge < -0.3 is 10.3 Å². The number of hydrogen-bond acceptors (Lipinski definition) is 5. The zero-order chi connectivity index (χ0) is 14.1. The third-order valence-electron chi connectivity index (χ3n) is 3.25. The van der Waals surface area contributed by atoms with Gasteiger partial charge in [-0.05, 0) is 18.9 Å². The Morgan fingerprint density at radius 2 is 2.10 bits per heavy atom. The molecule has 0 aliphatic carbocycles. The van der Waals surface area contributed by atoms with Crippen molar-refractivity contribution in [2.24, 2.45) is 0 Å². The summed E-state index contributed by atoms with van der Waals surface area (Å²) >= 11 is 0. The van der Waals surface area contributed by atoms with E-state index < -0.39 is 0 Å². The number of nitrogens with one attached hydrogen (secondary N) is 2. The van der Waals surface area contributed by atoms with E-state index in [-0.39, 0.29) is 0 Å². The average molecular weight is 271 g/mol. The Kier molecular flexibility index (Phi) is 3.09. The minimum absolute atomic E-state index is 0.537. The van der Waals surface area contributed by atoms with Gasteiger partial charge in [0.1, 0.15) is 5.52 Å². The Morgan fingerprint density at radius 1 is 1.25 bits per heavy atom. The number of aromatic amines is 1. The SMILES string of the molecule is CCc1cc(CC)n(-c2nc(NC)nc3nc[nH]c23)n1. The van der Waals surface area contributed by atoms with Crippen LogP contribution in [0.1, 0.15) is 25.2 Å². The van der Waals surface area contributed by atoms with Crippen LogP contribution in [0.5, 0.6) is 0 Å². The van der Waals surface area contributed by atoms with Crippen molar-refractivity contribution in [3.8, 4) is 5.82 Å². The number of H-pyrrole nitrogens is 1. The van der Waals surface area contributed by atoms with Crippen molar-refractivity contribution in [1.82, 2.24) is 29.7 Å². The minimum atomic E-state index is 0.537. The van der Waals surface area contributed by atoms with Gasteiger partial charge in [0.05, 0.1) is 12.0 Å². The molecule has 0 aromatic carbocycles. The molecule has 0 atom stereocenters. The van der Waals surface area contributed by atoms with Gasteiger partial charge in [-0.3, -0.25) is 0 Å². The van der Waals surface area contributed by atoms with Crippen LogP contribution in [0.15, 0.2) is 12.4 Å². The summed E-state index contributed by atoms with van der Waals surface area (Å²) in [6.07, 6.45) is 3.41. The van der Waals surface area contributed by atoms with Gasteiger partial charge >= 0.3 is 0 Å². The maximum Gasteiger partial charge on any atom is 0.226 e. The predicted octanol–water partition coefficient (Wildman–Crippen LogP) is 1.71. The topological polar surface area (TPSA) is 84.3 Å². The molecule has 104 valence electrons. The first-order chi connectivity index (χ1) is 9.76. The lowest BCUT2D eigenvalue weighted by molar-refractivity contribution is 0.775. The van der Waals surface area contributed by atoms with E-state index in [1.54, 1.807) is 13.4 Å². The monoisotopic (exact) mass is 271 g/mol. The first-order valence-electron chi connectivity index (χ1n) is 6.73. The summed E-state index contributed by atoms with van der Waals surface area (Å²) in [5.74, 6) is 1.27. The standard InChI is InChI=1S/C13H17N7/c1-4-8-6-9(5-2)20(19-8)12-10-11(16-7-15-10)17-13(14-3)18-12/h6-7H,4-5H2,1-3H3,(H2,14,15,16,17,18). The molecule has 0 radical (unpaired) electrons. The van der Waals surface area contributed by atoms with Crippen LogP contribution in [0.4, 0.5) is 5.95 Å². The molecule has 3 aromatic rings. The number of nitrogens with zero attached hydrogens (tertiary/aromatic N) is 5. The highest BCUT2D eigenvalue weighted by molar-refractivity contribution is 5.79. The molecule has 0 saturated carbocycles. The lowest BCUT2D eigenvalue weighted by Crippen LogP contribution is -2.08. The summed E-state index contributed by atoms with van der Waals surface area (Å²) in [7, 11) is 1.79. The number of rotatable bonds is 4. The zero-order valence-corrected chi connectivity index (χ0v) is 11.8. The maximum absolute atomic E-state index is 4.63. The lowest BCUT2D eigenvalue weighted by atomic mass is 10.2. The van der Waals surface area contributed by atoms with E-state index >= 15 is 0 Å². The summed E-state index contributed by atoms with van der Waals surface area (Å²) in [6.45, 7) is 4.20. The molecular weight excluding hydrogens is 254 g/mol. The Morgan fingerprint density at radius 3 is 2.80 bits per heavy atom. The minimum Gasteiger partial charge on any atom is -0.357 e. The summed E-state index contributed by atoms with van der Waals surface area (Å²) in [5.41, 5.74) is 3.61. The van der Waals surface area contributed by atoms with E-state index in [1.807, 2.05) is 4.68 Å². The van der Waals surface area contributed by atoms with Gasteiger partial charge in [-0.15, -0.1) is 0 Å². The molecule has 0 bridgehead atoms. The molecule has 3 aromatic heterocycles. The van der Waals surface area contributed by atoms with Crippen molar-refractivity contribution < 1.29 is 0 Å². The van der Waals surface area contributed by atoms with Crippen LogP contribution in [0.2, 0.25) is 0 Å². The fraction of sp³-hybridized carbons (Fsp3) is 0.385. The van der Waals surface area contributed by atoms with Crippen molar-refractivity contribution in [2.45, 2.75) is 26.7 Å².